The summed E-state index contributed by atoms with van der Waals surface area (Å²) in [5.74, 6) is -0.765. The molecular formula is C16H23NO3. The van der Waals surface area contributed by atoms with Crippen LogP contribution >= 0.6 is 0 Å². The van der Waals surface area contributed by atoms with Gasteiger partial charge in [-0.1, -0.05) is 18.2 Å². The van der Waals surface area contributed by atoms with Crippen LogP contribution in [0.15, 0.2) is 30.3 Å². The molecule has 0 aliphatic carbocycles. The quantitative estimate of drug-likeness (QED) is 0.868. The Morgan fingerprint density at radius 3 is 2.65 bits per heavy atom. The molecule has 4 heteroatoms. The van der Waals surface area contributed by atoms with Gasteiger partial charge in [0.2, 0.25) is 0 Å². The first-order valence-corrected chi connectivity index (χ1v) is 7.16. The highest BCUT2D eigenvalue weighted by atomic mass is 16.5. The third-order valence-electron chi connectivity index (χ3n) is 3.70. The number of hydrogen-bond acceptors (Lipinski definition) is 3. The van der Waals surface area contributed by atoms with Gasteiger partial charge in [0.1, 0.15) is 0 Å². The first-order valence-electron chi connectivity index (χ1n) is 7.16. The van der Waals surface area contributed by atoms with Crippen molar-refractivity contribution >= 4 is 11.7 Å². The molecule has 1 fully saturated rings. The van der Waals surface area contributed by atoms with Gasteiger partial charge in [-0.15, -0.1) is 0 Å². The number of nitrogens with zero attached hydrogens (tertiary/aromatic N) is 1. The fourth-order valence-corrected chi connectivity index (χ4v) is 2.65. The standard InChI is InChI=1S/C16H23NO3/c1-16(2)10-8-14(20-16)12-17(11-9-15(18)19)13-6-4-3-5-7-13/h3-7,14H,8-12H2,1-2H3,(H,18,19). The molecule has 0 saturated carbocycles. The highest BCUT2D eigenvalue weighted by molar-refractivity contribution is 5.67. The second-order valence-corrected chi connectivity index (χ2v) is 5.96. The van der Waals surface area contributed by atoms with Crippen molar-refractivity contribution in [2.24, 2.45) is 0 Å². The number of benzene rings is 1. The number of anilines is 1. The minimum atomic E-state index is -0.765. The van der Waals surface area contributed by atoms with Crippen molar-refractivity contribution in [1.82, 2.24) is 0 Å². The summed E-state index contributed by atoms with van der Waals surface area (Å²) in [6, 6.07) is 9.95. The van der Waals surface area contributed by atoms with E-state index in [4.69, 9.17) is 9.84 Å². The Hall–Kier alpha value is -1.55. The van der Waals surface area contributed by atoms with Crippen molar-refractivity contribution in [2.45, 2.75) is 44.8 Å². The molecule has 1 saturated heterocycles. The molecule has 1 atom stereocenters. The van der Waals surface area contributed by atoms with Gasteiger partial charge < -0.3 is 14.7 Å². The van der Waals surface area contributed by atoms with Gasteiger partial charge >= 0.3 is 5.97 Å². The van der Waals surface area contributed by atoms with Crippen LogP contribution in [0.5, 0.6) is 0 Å². The van der Waals surface area contributed by atoms with E-state index in [-0.39, 0.29) is 18.1 Å². The number of aliphatic carboxylic acids is 1. The minimum Gasteiger partial charge on any atom is -0.481 e. The van der Waals surface area contributed by atoms with E-state index in [2.05, 4.69) is 18.7 Å². The third-order valence-corrected chi connectivity index (χ3v) is 3.70. The summed E-state index contributed by atoms with van der Waals surface area (Å²) in [6.45, 7) is 5.48. The molecule has 1 aromatic rings. The van der Waals surface area contributed by atoms with E-state index in [0.29, 0.717) is 6.54 Å². The Balaban J connectivity index is 2.01. The first kappa shape index (κ1) is 14.9. The highest BCUT2D eigenvalue weighted by Gasteiger charge is 2.32. The number of carboxylic acids is 1. The van der Waals surface area contributed by atoms with Gasteiger partial charge in [-0.2, -0.15) is 0 Å². The summed E-state index contributed by atoms with van der Waals surface area (Å²) in [4.78, 5) is 12.9. The molecule has 1 N–H and O–H groups in total. The highest BCUT2D eigenvalue weighted by Crippen LogP contribution is 2.30. The van der Waals surface area contributed by atoms with Crippen LogP contribution in [0.25, 0.3) is 0 Å². The summed E-state index contributed by atoms with van der Waals surface area (Å²) in [5, 5.41) is 8.90. The molecular weight excluding hydrogens is 254 g/mol. The Kier molecular flexibility index (Phi) is 4.65. The molecule has 1 aliphatic heterocycles. The molecule has 4 nitrogen and oxygen atoms in total. The molecule has 1 aliphatic rings. The van der Waals surface area contributed by atoms with Gasteiger partial charge in [-0.3, -0.25) is 4.79 Å². The van der Waals surface area contributed by atoms with E-state index < -0.39 is 5.97 Å². The molecule has 0 amide bonds. The zero-order chi connectivity index (χ0) is 14.6. The smallest absolute Gasteiger partial charge is 0.305 e. The molecule has 0 radical (unpaired) electrons. The van der Waals surface area contributed by atoms with Gasteiger partial charge in [0.25, 0.3) is 0 Å². The van der Waals surface area contributed by atoms with Gasteiger partial charge in [0.05, 0.1) is 18.1 Å². The molecule has 2 rings (SSSR count). The van der Waals surface area contributed by atoms with E-state index in [1.165, 1.54) is 0 Å². The number of carbonyl (C=O) groups is 1. The number of ether oxygens (including phenoxy) is 1. The number of rotatable bonds is 6. The van der Waals surface area contributed by atoms with Crippen molar-refractivity contribution in [3.05, 3.63) is 30.3 Å². The number of hydrogen-bond donors (Lipinski definition) is 1. The van der Waals surface area contributed by atoms with Crippen LogP contribution in [0.2, 0.25) is 0 Å². The molecule has 20 heavy (non-hydrogen) atoms. The average Bonchev–Trinajstić information content (AvgIpc) is 2.74. The van der Waals surface area contributed by atoms with E-state index >= 15 is 0 Å². The van der Waals surface area contributed by atoms with Crippen LogP contribution in [0, 0.1) is 0 Å². The monoisotopic (exact) mass is 277 g/mol. The molecule has 0 spiro atoms. The van der Waals surface area contributed by atoms with Crippen LogP contribution in [-0.2, 0) is 9.53 Å². The lowest BCUT2D eigenvalue weighted by Crippen LogP contribution is -2.35. The van der Waals surface area contributed by atoms with Crippen molar-refractivity contribution in [3.8, 4) is 0 Å². The van der Waals surface area contributed by atoms with Gasteiger partial charge in [0, 0.05) is 18.8 Å². The Bertz CT molecular complexity index is 444. The van der Waals surface area contributed by atoms with Crippen LogP contribution in [0.3, 0.4) is 0 Å². The Morgan fingerprint density at radius 1 is 1.40 bits per heavy atom. The zero-order valence-electron chi connectivity index (χ0n) is 12.2. The molecule has 0 aromatic heterocycles. The Morgan fingerprint density at radius 2 is 2.10 bits per heavy atom. The number of carboxylic acid groups (broad SMARTS) is 1. The third kappa shape index (κ3) is 4.23. The molecule has 1 unspecified atom stereocenters. The van der Waals surface area contributed by atoms with Gasteiger partial charge in [-0.25, -0.2) is 0 Å². The molecule has 1 heterocycles. The lowest BCUT2D eigenvalue weighted by molar-refractivity contribution is -0.136. The zero-order valence-corrected chi connectivity index (χ0v) is 12.2. The topological polar surface area (TPSA) is 49.8 Å². The van der Waals surface area contributed by atoms with Crippen molar-refractivity contribution < 1.29 is 14.6 Å². The van der Waals surface area contributed by atoms with E-state index in [1.54, 1.807) is 0 Å². The fraction of sp³-hybridized carbons (Fsp3) is 0.562. The van der Waals surface area contributed by atoms with E-state index in [9.17, 15) is 4.79 Å². The van der Waals surface area contributed by atoms with Crippen molar-refractivity contribution in [3.63, 3.8) is 0 Å². The predicted octanol–water partition coefficient (Wildman–Crippen LogP) is 2.93. The summed E-state index contributed by atoms with van der Waals surface area (Å²) >= 11 is 0. The van der Waals surface area contributed by atoms with Crippen molar-refractivity contribution in [1.29, 1.82) is 0 Å². The SMILES string of the molecule is CC1(C)CCC(CN(CCC(=O)O)c2ccccc2)O1. The largest absolute Gasteiger partial charge is 0.481 e. The summed E-state index contributed by atoms with van der Waals surface area (Å²) in [6.07, 6.45) is 2.41. The number of para-hydroxylation sites is 1. The first-order chi connectivity index (χ1) is 9.46. The lowest BCUT2D eigenvalue weighted by Gasteiger charge is -2.28. The van der Waals surface area contributed by atoms with Gasteiger partial charge in [0.15, 0.2) is 0 Å². The van der Waals surface area contributed by atoms with E-state index in [0.717, 1.165) is 25.1 Å². The molecule has 1 aromatic carbocycles. The minimum absolute atomic E-state index is 0.0557. The van der Waals surface area contributed by atoms with Crippen molar-refractivity contribution in [2.75, 3.05) is 18.0 Å². The van der Waals surface area contributed by atoms with E-state index in [1.807, 2.05) is 30.3 Å². The maximum Gasteiger partial charge on any atom is 0.305 e. The maximum absolute atomic E-state index is 10.8. The van der Waals surface area contributed by atoms with Crippen LogP contribution in [-0.4, -0.2) is 35.9 Å². The fourth-order valence-electron chi connectivity index (χ4n) is 2.65. The maximum atomic E-state index is 10.8. The second kappa shape index (κ2) is 6.27. The Labute approximate surface area is 120 Å². The molecule has 110 valence electrons. The average molecular weight is 277 g/mol. The predicted molar refractivity (Wildman–Crippen MR) is 79.1 cm³/mol. The summed E-state index contributed by atoms with van der Waals surface area (Å²) in [7, 11) is 0. The second-order valence-electron chi connectivity index (χ2n) is 5.96. The van der Waals surface area contributed by atoms with Crippen LogP contribution in [0.1, 0.15) is 33.1 Å². The summed E-state index contributed by atoms with van der Waals surface area (Å²) in [5.41, 5.74) is 1.00. The van der Waals surface area contributed by atoms with Crippen LogP contribution in [0.4, 0.5) is 5.69 Å². The van der Waals surface area contributed by atoms with Crippen LogP contribution < -0.4 is 4.90 Å². The lowest BCUT2D eigenvalue weighted by atomic mass is 10.1. The van der Waals surface area contributed by atoms with Gasteiger partial charge in [-0.05, 0) is 38.8 Å². The molecule has 0 bridgehead atoms. The normalized spacial score (nSPS) is 20.8. The summed E-state index contributed by atoms with van der Waals surface area (Å²) < 4.78 is 6.02.